The van der Waals surface area contributed by atoms with Crippen LogP contribution in [0.1, 0.15) is 36.5 Å². The molecule has 0 saturated carbocycles. The summed E-state index contributed by atoms with van der Waals surface area (Å²) in [5, 5.41) is 0. The van der Waals surface area contributed by atoms with E-state index in [9.17, 15) is 0 Å². The first-order valence-electron chi connectivity index (χ1n) is 6.06. The van der Waals surface area contributed by atoms with E-state index in [0.717, 1.165) is 25.0 Å². The van der Waals surface area contributed by atoms with Crippen molar-refractivity contribution in [2.45, 2.75) is 40.0 Å². The van der Waals surface area contributed by atoms with Gasteiger partial charge in [0.2, 0.25) is 0 Å². The minimum absolute atomic E-state index is 0.602. The van der Waals surface area contributed by atoms with Crippen LogP contribution in [0, 0.1) is 13.8 Å². The van der Waals surface area contributed by atoms with Gasteiger partial charge in [-0.1, -0.05) is 18.3 Å². The highest BCUT2D eigenvalue weighted by Gasteiger charge is 2.06. The minimum atomic E-state index is 0.602. The molecule has 0 saturated heterocycles. The molecule has 0 heterocycles. The van der Waals surface area contributed by atoms with Crippen molar-refractivity contribution in [2.24, 2.45) is 5.73 Å². The molecule has 0 aliphatic heterocycles. The summed E-state index contributed by atoms with van der Waals surface area (Å²) >= 11 is 4.88. The predicted octanol–water partition coefficient (Wildman–Crippen LogP) is 3.31. The maximum atomic E-state index is 5.57. The van der Waals surface area contributed by atoms with E-state index < -0.39 is 0 Å². The summed E-state index contributed by atoms with van der Waals surface area (Å²) in [6.45, 7) is 6.97. The average Bonchev–Trinajstić information content (AvgIpc) is 2.28. The van der Waals surface area contributed by atoms with E-state index in [-0.39, 0.29) is 0 Å². The summed E-state index contributed by atoms with van der Waals surface area (Å²) in [5.74, 6) is 0.989. The molecule has 1 aromatic rings. The van der Waals surface area contributed by atoms with Crippen molar-refractivity contribution in [2.75, 3.05) is 6.61 Å². The van der Waals surface area contributed by atoms with Gasteiger partial charge >= 0.3 is 0 Å². The zero-order chi connectivity index (χ0) is 12.8. The zero-order valence-corrected chi connectivity index (χ0v) is 11.7. The maximum absolute atomic E-state index is 5.57. The van der Waals surface area contributed by atoms with Gasteiger partial charge in [-0.3, -0.25) is 0 Å². The number of ether oxygens (including phenoxy) is 1. The van der Waals surface area contributed by atoms with Gasteiger partial charge in [-0.25, -0.2) is 0 Å². The Balaban J connectivity index is 2.74. The number of aryl methyl sites for hydroxylation is 1. The largest absolute Gasteiger partial charge is 0.494 e. The van der Waals surface area contributed by atoms with Crippen LogP contribution in [-0.4, -0.2) is 11.6 Å². The molecule has 0 unspecified atom stereocenters. The van der Waals surface area contributed by atoms with E-state index in [1.165, 1.54) is 16.7 Å². The molecule has 2 nitrogen and oxygen atoms in total. The molecule has 17 heavy (non-hydrogen) atoms. The van der Waals surface area contributed by atoms with Crippen LogP contribution in [0.15, 0.2) is 12.1 Å². The highest BCUT2D eigenvalue weighted by atomic mass is 32.1. The molecule has 0 atom stereocenters. The fourth-order valence-electron chi connectivity index (χ4n) is 1.89. The van der Waals surface area contributed by atoms with Crippen molar-refractivity contribution in [1.29, 1.82) is 0 Å². The molecular weight excluding hydrogens is 230 g/mol. The molecule has 0 aliphatic carbocycles. The van der Waals surface area contributed by atoms with Crippen LogP contribution >= 0.6 is 12.2 Å². The Morgan fingerprint density at radius 3 is 2.59 bits per heavy atom. The molecule has 1 aromatic carbocycles. The van der Waals surface area contributed by atoms with E-state index >= 15 is 0 Å². The molecular formula is C14H21NOS. The minimum Gasteiger partial charge on any atom is -0.494 e. The van der Waals surface area contributed by atoms with Gasteiger partial charge in [0.15, 0.2) is 0 Å². The number of thiocarbonyl (C=S) groups is 1. The van der Waals surface area contributed by atoms with Crippen molar-refractivity contribution in [3.63, 3.8) is 0 Å². The first-order chi connectivity index (χ1) is 8.06. The quantitative estimate of drug-likeness (QED) is 0.788. The summed E-state index contributed by atoms with van der Waals surface area (Å²) in [4.78, 5) is 0.602. The highest BCUT2D eigenvalue weighted by Crippen LogP contribution is 2.25. The van der Waals surface area contributed by atoms with Gasteiger partial charge in [0, 0.05) is 0 Å². The lowest BCUT2D eigenvalue weighted by Crippen LogP contribution is -2.07. The number of hydrogen-bond donors (Lipinski definition) is 1. The van der Waals surface area contributed by atoms with E-state index in [0.29, 0.717) is 11.6 Å². The molecule has 0 aliphatic rings. The topological polar surface area (TPSA) is 35.2 Å². The van der Waals surface area contributed by atoms with Crippen molar-refractivity contribution >= 4 is 17.2 Å². The van der Waals surface area contributed by atoms with Crippen molar-refractivity contribution in [3.05, 3.63) is 28.8 Å². The van der Waals surface area contributed by atoms with Gasteiger partial charge in [0.25, 0.3) is 0 Å². The Labute approximate surface area is 109 Å². The standard InChI is InChI=1S/C14H21NOS/c1-4-16-13-9-8-12(10(2)11(13)3)6-5-7-14(15)17/h8-9H,4-7H2,1-3H3,(H2,15,17). The van der Waals surface area contributed by atoms with Crippen LogP contribution in [-0.2, 0) is 6.42 Å². The fraction of sp³-hybridized carbons (Fsp3) is 0.500. The zero-order valence-electron chi connectivity index (χ0n) is 10.9. The predicted molar refractivity (Wildman–Crippen MR) is 76.8 cm³/mol. The lowest BCUT2D eigenvalue weighted by molar-refractivity contribution is 0.337. The Morgan fingerprint density at radius 2 is 2.00 bits per heavy atom. The van der Waals surface area contributed by atoms with Crippen molar-refractivity contribution in [1.82, 2.24) is 0 Å². The Kier molecular flexibility index (Phi) is 5.42. The van der Waals surface area contributed by atoms with Gasteiger partial charge in [0.05, 0.1) is 11.6 Å². The SMILES string of the molecule is CCOc1ccc(CCCC(N)=S)c(C)c1C. The summed E-state index contributed by atoms with van der Waals surface area (Å²) < 4.78 is 5.57. The third-order valence-corrected chi connectivity index (χ3v) is 3.22. The molecule has 1 rings (SSSR count). The second-order valence-corrected chi connectivity index (χ2v) is 4.75. The third-order valence-electron chi connectivity index (χ3n) is 3.02. The summed E-state index contributed by atoms with van der Waals surface area (Å²) in [6.07, 6.45) is 2.86. The Morgan fingerprint density at radius 1 is 1.29 bits per heavy atom. The van der Waals surface area contributed by atoms with E-state index in [2.05, 4.69) is 26.0 Å². The third kappa shape index (κ3) is 4.00. The smallest absolute Gasteiger partial charge is 0.122 e. The molecule has 0 bridgehead atoms. The number of benzene rings is 1. The van der Waals surface area contributed by atoms with Gasteiger partial charge in [-0.15, -0.1) is 0 Å². The summed E-state index contributed by atoms with van der Waals surface area (Å²) in [6, 6.07) is 4.20. The van der Waals surface area contributed by atoms with Crippen LogP contribution in [0.3, 0.4) is 0 Å². The van der Waals surface area contributed by atoms with Crippen molar-refractivity contribution in [3.8, 4) is 5.75 Å². The molecule has 2 N–H and O–H groups in total. The maximum Gasteiger partial charge on any atom is 0.122 e. The Bertz CT molecular complexity index is 401. The first-order valence-corrected chi connectivity index (χ1v) is 6.47. The van der Waals surface area contributed by atoms with E-state index in [1.54, 1.807) is 0 Å². The molecule has 0 amide bonds. The van der Waals surface area contributed by atoms with Crippen LogP contribution in [0.4, 0.5) is 0 Å². The normalized spacial score (nSPS) is 10.3. The molecule has 0 fully saturated rings. The number of hydrogen-bond acceptors (Lipinski definition) is 2. The Hall–Kier alpha value is -1.09. The van der Waals surface area contributed by atoms with Gasteiger partial charge in [-0.2, -0.15) is 0 Å². The lowest BCUT2D eigenvalue weighted by Gasteiger charge is -2.13. The van der Waals surface area contributed by atoms with E-state index in [1.807, 2.05) is 6.92 Å². The summed E-state index contributed by atoms with van der Waals surface area (Å²) in [7, 11) is 0. The molecule has 0 aromatic heterocycles. The fourth-order valence-corrected chi connectivity index (χ4v) is 2.03. The van der Waals surface area contributed by atoms with Crippen LogP contribution in [0.5, 0.6) is 5.75 Å². The van der Waals surface area contributed by atoms with Gasteiger partial charge in [0.1, 0.15) is 5.75 Å². The van der Waals surface area contributed by atoms with Gasteiger partial charge in [-0.05, 0) is 62.8 Å². The van der Waals surface area contributed by atoms with Crippen molar-refractivity contribution < 1.29 is 4.74 Å². The lowest BCUT2D eigenvalue weighted by atomic mass is 9.98. The average molecular weight is 251 g/mol. The van der Waals surface area contributed by atoms with Crippen LogP contribution in [0.25, 0.3) is 0 Å². The van der Waals surface area contributed by atoms with Gasteiger partial charge < -0.3 is 10.5 Å². The molecule has 3 heteroatoms. The number of nitrogens with two attached hydrogens (primary N) is 1. The highest BCUT2D eigenvalue weighted by molar-refractivity contribution is 7.80. The number of rotatable bonds is 6. The van der Waals surface area contributed by atoms with Crippen LogP contribution in [0.2, 0.25) is 0 Å². The second-order valence-electron chi connectivity index (χ2n) is 4.23. The van der Waals surface area contributed by atoms with Crippen LogP contribution < -0.4 is 10.5 Å². The first kappa shape index (κ1) is 14.0. The molecule has 94 valence electrons. The molecule has 0 radical (unpaired) electrons. The second kappa shape index (κ2) is 6.60. The monoisotopic (exact) mass is 251 g/mol. The molecule has 0 spiro atoms. The van der Waals surface area contributed by atoms with E-state index in [4.69, 9.17) is 22.7 Å². The summed E-state index contributed by atoms with van der Waals surface area (Å²) in [5.41, 5.74) is 9.42.